The fourth-order valence-electron chi connectivity index (χ4n) is 2.18. The Morgan fingerprint density at radius 3 is 2.71 bits per heavy atom. The number of nitrogens with one attached hydrogen (secondary N) is 1. The second kappa shape index (κ2) is 7.10. The molecule has 0 saturated carbocycles. The number of benzene rings is 2. The fourth-order valence-corrected chi connectivity index (χ4v) is 2.18. The molecule has 0 amide bonds. The lowest BCUT2D eigenvalue weighted by atomic mass is 10.1. The molecule has 0 saturated heterocycles. The molecule has 0 fully saturated rings. The molecule has 0 aliphatic rings. The monoisotopic (exact) mass is 328 g/mol. The molecule has 0 unspecified atom stereocenters. The van der Waals surface area contributed by atoms with Gasteiger partial charge >= 0.3 is 0 Å². The van der Waals surface area contributed by atoms with E-state index in [0.29, 0.717) is 17.4 Å². The van der Waals surface area contributed by atoms with E-state index in [0.717, 1.165) is 11.3 Å². The summed E-state index contributed by atoms with van der Waals surface area (Å²) in [6, 6.07) is 12.7. The number of rotatable bonds is 6. The third-order valence-electron chi connectivity index (χ3n) is 3.47. The maximum Gasteiger partial charge on any atom is 0.172 e. The molecule has 0 radical (unpaired) electrons. The van der Waals surface area contributed by atoms with Gasteiger partial charge in [0, 0.05) is 0 Å². The Morgan fingerprint density at radius 1 is 1.17 bits per heavy atom. The van der Waals surface area contributed by atoms with Crippen LogP contribution >= 0.6 is 0 Å². The first-order valence-electron chi connectivity index (χ1n) is 7.35. The highest BCUT2D eigenvalue weighted by atomic mass is 19.1. The van der Waals surface area contributed by atoms with Crippen LogP contribution in [0.25, 0.3) is 0 Å². The minimum absolute atomic E-state index is 0.184. The molecule has 3 rings (SSSR count). The van der Waals surface area contributed by atoms with Gasteiger partial charge in [-0.05, 0) is 42.0 Å². The van der Waals surface area contributed by atoms with Crippen molar-refractivity contribution in [3.05, 3.63) is 71.6 Å². The SMILES string of the molecule is COc1cccc([C@@H](N)c2n[nH]c(COc3ccc(F)cc3)n2)c1. The number of aromatic nitrogens is 3. The van der Waals surface area contributed by atoms with Gasteiger partial charge in [-0.3, -0.25) is 5.10 Å². The summed E-state index contributed by atoms with van der Waals surface area (Å²) in [5, 5.41) is 6.93. The van der Waals surface area contributed by atoms with Gasteiger partial charge < -0.3 is 15.2 Å². The minimum atomic E-state index is -0.476. The molecule has 0 aliphatic carbocycles. The minimum Gasteiger partial charge on any atom is -0.497 e. The highest BCUT2D eigenvalue weighted by Crippen LogP contribution is 2.21. The van der Waals surface area contributed by atoms with Crippen LogP contribution in [0.4, 0.5) is 4.39 Å². The Bertz CT molecular complexity index is 804. The van der Waals surface area contributed by atoms with Crippen molar-refractivity contribution < 1.29 is 13.9 Å². The molecule has 6 nitrogen and oxygen atoms in total. The number of methoxy groups -OCH3 is 1. The van der Waals surface area contributed by atoms with Crippen molar-refractivity contribution in [2.45, 2.75) is 12.6 Å². The lowest BCUT2D eigenvalue weighted by molar-refractivity contribution is 0.296. The number of nitrogens with two attached hydrogens (primary N) is 1. The molecule has 1 heterocycles. The van der Waals surface area contributed by atoms with Gasteiger partial charge in [-0.25, -0.2) is 9.37 Å². The molecular weight excluding hydrogens is 311 g/mol. The van der Waals surface area contributed by atoms with E-state index in [1.165, 1.54) is 12.1 Å². The largest absolute Gasteiger partial charge is 0.497 e. The highest BCUT2D eigenvalue weighted by Gasteiger charge is 2.15. The van der Waals surface area contributed by atoms with E-state index >= 15 is 0 Å². The predicted molar refractivity (Wildman–Crippen MR) is 86.1 cm³/mol. The van der Waals surface area contributed by atoms with Crippen molar-refractivity contribution in [3.63, 3.8) is 0 Å². The molecule has 1 aromatic heterocycles. The van der Waals surface area contributed by atoms with Crippen molar-refractivity contribution in [2.75, 3.05) is 7.11 Å². The number of hydrogen-bond acceptors (Lipinski definition) is 5. The summed E-state index contributed by atoms with van der Waals surface area (Å²) >= 11 is 0. The molecular formula is C17H17FN4O2. The van der Waals surface area contributed by atoms with Gasteiger partial charge in [-0.15, -0.1) is 0 Å². The van der Waals surface area contributed by atoms with Crippen LogP contribution in [0.15, 0.2) is 48.5 Å². The third kappa shape index (κ3) is 3.69. The van der Waals surface area contributed by atoms with Crippen LogP contribution in [0.1, 0.15) is 23.3 Å². The quantitative estimate of drug-likeness (QED) is 0.726. The average molecular weight is 328 g/mol. The van der Waals surface area contributed by atoms with Crippen molar-refractivity contribution in [1.82, 2.24) is 15.2 Å². The Labute approximate surface area is 138 Å². The van der Waals surface area contributed by atoms with E-state index < -0.39 is 6.04 Å². The Hall–Kier alpha value is -2.93. The van der Waals surface area contributed by atoms with Crippen LogP contribution in [-0.4, -0.2) is 22.3 Å². The van der Waals surface area contributed by atoms with E-state index in [9.17, 15) is 4.39 Å². The average Bonchev–Trinajstić information content (AvgIpc) is 3.09. The summed E-state index contributed by atoms with van der Waals surface area (Å²) in [7, 11) is 1.60. The Morgan fingerprint density at radius 2 is 1.96 bits per heavy atom. The highest BCUT2D eigenvalue weighted by molar-refractivity contribution is 5.33. The van der Waals surface area contributed by atoms with Gasteiger partial charge in [0.1, 0.15) is 23.9 Å². The molecule has 3 aromatic rings. The summed E-state index contributed by atoms with van der Waals surface area (Å²) in [4.78, 5) is 4.34. The molecule has 0 spiro atoms. The zero-order valence-electron chi connectivity index (χ0n) is 13.1. The topological polar surface area (TPSA) is 86.0 Å². The van der Waals surface area contributed by atoms with Crippen LogP contribution in [0.5, 0.6) is 11.5 Å². The number of halogens is 1. The van der Waals surface area contributed by atoms with E-state index in [1.54, 1.807) is 19.2 Å². The zero-order valence-corrected chi connectivity index (χ0v) is 13.1. The smallest absolute Gasteiger partial charge is 0.172 e. The van der Waals surface area contributed by atoms with Crippen molar-refractivity contribution in [2.24, 2.45) is 5.73 Å². The number of hydrogen-bond donors (Lipinski definition) is 2. The summed E-state index contributed by atoms with van der Waals surface area (Å²) in [6.45, 7) is 0.184. The lowest BCUT2D eigenvalue weighted by Gasteiger charge is -2.09. The molecule has 2 aromatic carbocycles. The molecule has 1 atom stereocenters. The second-order valence-corrected chi connectivity index (χ2v) is 5.14. The summed E-state index contributed by atoms with van der Waals surface area (Å²) in [5.41, 5.74) is 7.04. The third-order valence-corrected chi connectivity index (χ3v) is 3.47. The van der Waals surface area contributed by atoms with E-state index in [4.69, 9.17) is 15.2 Å². The second-order valence-electron chi connectivity index (χ2n) is 5.14. The summed E-state index contributed by atoms with van der Waals surface area (Å²) in [6.07, 6.45) is 0. The van der Waals surface area contributed by atoms with Gasteiger partial charge in [0.15, 0.2) is 11.6 Å². The standard InChI is InChI=1S/C17H17FN4O2/c1-23-14-4-2-3-11(9-14)16(19)17-20-15(21-22-17)10-24-13-7-5-12(18)6-8-13/h2-9,16H,10,19H2,1H3,(H,20,21,22)/t16-/m1/s1. The summed E-state index contributed by atoms with van der Waals surface area (Å²) in [5.74, 6) is 1.95. The number of aromatic amines is 1. The Kier molecular flexibility index (Phi) is 4.72. The van der Waals surface area contributed by atoms with Crippen LogP contribution < -0.4 is 15.2 Å². The van der Waals surface area contributed by atoms with Crippen LogP contribution in [0, 0.1) is 5.82 Å². The zero-order chi connectivity index (χ0) is 16.9. The maximum atomic E-state index is 12.9. The molecule has 24 heavy (non-hydrogen) atoms. The molecule has 124 valence electrons. The van der Waals surface area contributed by atoms with Crippen LogP contribution in [0.2, 0.25) is 0 Å². The van der Waals surface area contributed by atoms with Crippen molar-refractivity contribution >= 4 is 0 Å². The number of H-pyrrole nitrogens is 1. The maximum absolute atomic E-state index is 12.9. The molecule has 3 N–H and O–H groups in total. The lowest BCUT2D eigenvalue weighted by Crippen LogP contribution is -2.13. The Balaban J connectivity index is 1.67. The van der Waals surface area contributed by atoms with Gasteiger partial charge in [0.2, 0.25) is 0 Å². The number of ether oxygens (including phenoxy) is 2. The first-order chi connectivity index (χ1) is 11.7. The van der Waals surface area contributed by atoms with Crippen molar-refractivity contribution in [1.29, 1.82) is 0 Å². The normalized spacial score (nSPS) is 12.0. The van der Waals surface area contributed by atoms with Gasteiger partial charge in [-0.2, -0.15) is 5.10 Å². The van der Waals surface area contributed by atoms with E-state index in [1.807, 2.05) is 24.3 Å². The van der Waals surface area contributed by atoms with Gasteiger partial charge in [0.05, 0.1) is 13.2 Å². The predicted octanol–water partition coefficient (Wildman–Crippen LogP) is 2.58. The molecule has 7 heteroatoms. The molecule has 0 bridgehead atoms. The van der Waals surface area contributed by atoms with Crippen LogP contribution in [-0.2, 0) is 6.61 Å². The number of nitrogens with zero attached hydrogens (tertiary/aromatic N) is 2. The van der Waals surface area contributed by atoms with E-state index in [-0.39, 0.29) is 12.4 Å². The van der Waals surface area contributed by atoms with Gasteiger partial charge in [0.25, 0.3) is 0 Å². The van der Waals surface area contributed by atoms with E-state index in [2.05, 4.69) is 15.2 Å². The molecule has 0 aliphatic heterocycles. The summed E-state index contributed by atoms with van der Waals surface area (Å²) < 4.78 is 23.6. The first-order valence-corrected chi connectivity index (χ1v) is 7.35. The van der Waals surface area contributed by atoms with Crippen LogP contribution in [0.3, 0.4) is 0 Å². The van der Waals surface area contributed by atoms with Gasteiger partial charge in [-0.1, -0.05) is 12.1 Å². The van der Waals surface area contributed by atoms with Crippen molar-refractivity contribution in [3.8, 4) is 11.5 Å². The fraction of sp³-hybridized carbons (Fsp3) is 0.176. The first kappa shape index (κ1) is 15.9.